The number of amides is 1. The number of benzene rings is 2. The lowest BCUT2D eigenvalue weighted by Gasteiger charge is -2.02. The highest BCUT2D eigenvalue weighted by molar-refractivity contribution is 6.03. The molecule has 0 atom stereocenters. The third-order valence-electron chi connectivity index (χ3n) is 3.30. The maximum atomic E-state index is 12.9. The second-order valence-corrected chi connectivity index (χ2v) is 4.94. The average molecular weight is 341 g/mol. The van der Waals surface area contributed by atoms with E-state index in [0.29, 0.717) is 16.7 Å². The highest BCUT2D eigenvalue weighted by Crippen LogP contribution is 2.20. The zero-order valence-corrected chi connectivity index (χ0v) is 13.0. The van der Waals surface area contributed by atoms with Gasteiger partial charge in [0.25, 0.3) is 5.91 Å². The first kappa shape index (κ1) is 16.3. The van der Waals surface area contributed by atoms with Gasteiger partial charge < -0.3 is 9.15 Å². The summed E-state index contributed by atoms with van der Waals surface area (Å²) in [6, 6.07) is 11.3. The summed E-state index contributed by atoms with van der Waals surface area (Å²) in [4.78, 5) is 23.5. The maximum Gasteiger partial charge on any atom is 0.337 e. The number of rotatable bonds is 4. The maximum absolute atomic E-state index is 12.9. The summed E-state index contributed by atoms with van der Waals surface area (Å²) in [6.45, 7) is 0. The molecule has 3 aromatic rings. The van der Waals surface area contributed by atoms with E-state index in [-0.39, 0.29) is 17.7 Å². The van der Waals surface area contributed by atoms with E-state index in [2.05, 4.69) is 20.3 Å². The van der Waals surface area contributed by atoms with Gasteiger partial charge in [-0.05, 0) is 48.5 Å². The Morgan fingerprint density at radius 1 is 1.00 bits per heavy atom. The number of hydrogen-bond acceptors (Lipinski definition) is 6. The van der Waals surface area contributed by atoms with Crippen LogP contribution >= 0.6 is 0 Å². The van der Waals surface area contributed by atoms with Gasteiger partial charge in [-0.2, -0.15) is 0 Å². The van der Waals surface area contributed by atoms with Crippen molar-refractivity contribution >= 4 is 17.9 Å². The van der Waals surface area contributed by atoms with Crippen molar-refractivity contribution in [3.63, 3.8) is 0 Å². The van der Waals surface area contributed by atoms with Crippen LogP contribution in [0.2, 0.25) is 0 Å². The lowest BCUT2D eigenvalue weighted by Crippen LogP contribution is -2.12. The molecule has 1 heterocycles. The van der Waals surface area contributed by atoms with Gasteiger partial charge in [-0.25, -0.2) is 9.18 Å². The van der Waals surface area contributed by atoms with Crippen LogP contribution in [0.1, 0.15) is 20.7 Å². The first-order valence-corrected chi connectivity index (χ1v) is 7.16. The zero-order valence-electron chi connectivity index (χ0n) is 13.0. The molecule has 0 fully saturated rings. The van der Waals surface area contributed by atoms with Crippen molar-refractivity contribution in [2.24, 2.45) is 0 Å². The Morgan fingerprint density at radius 3 is 2.28 bits per heavy atom. The number of halogens is 1. The van der Waals surface area contributed by atoms with Gasteiger partial charge in [-0.3, -0.25) is 10.1 Å². The van der Waals surface area contributed by atoms with Crippen molar-refractivity contribution in [1.29, 1.82) is 0 Å². The van der Waals surface area contributed by atoms with Gasteiger partial charge in [0.2, 0.25) is 5.89 Å². The molecule has 2 aromatic carbocycles. The zero-order chi connectivity index (χ0) is 17.8. The van der Waals surface area contributed by atoms with E-state index < -0.39 is 11.9 Å². The van der Waals surface area contributed by atoms with Gasteiger partial charge in [0.05, 0.1) is 12.7 Å². The molecule has 1 aromatic heterocycles. The molecule has 0 spiro atoms. The van der Waals surface area contributed by atoms with Crippen LogP contribution in [0.25, 0.3) is 11.5 Å². The summed E-state index contributed by atoms with van der Waals surface area (Å²) >= 11 is 0. The molecule has 8 heteroatoms. The fourth-order valence-corrected chi connectivity index (χ4v) is 2.03. The minimum atomic E-state index is -0.493. The fourth-order valence-electron chi connectivity index (χ4n) is 2.03. The van der Waals surface area contributed by atoms with Gasteiger partial charge in [0, 0.05) is 11.1 Å². The first-order chi connectivity index (χ1) is 12.1. The predicted octanol–water partition coefficient (Wildman–Crippen LogP) is 2.91. The summed E-state index contributed by atoms with van der Waals surface area (Å²) in [5.74, 6) is -1.21. The molecule has 0 aliphatic rings. The molecule has 7 nitrogen and oxygen atoms in total. The number of methoxy groups -OCH3 is 1. The number of anilines is 1. The third kappa shape index (κ3) is 3.69. The molecular formula is C17H12FN3O4. The van der Waals surface area contributed by atoms with E-state index >= 15 is 0 Å². The molecule has 0 bridgehead atoms. The van der Waals surface area contributed by atoms with Gasteiger partial charge in [-0.15, -0.1) is 5.10 Å². The molecule has 0 saturated heterocycles. The van der Waals surface area contributed by atoms with E-state index in [1.807, 2.05) is 0 Å². The van der Waals surface area contributed by atoms with Crippen molar-refractivity contribution < 1.29 is 23.1 Å². The molecule has 1 amide bonds. The Morgan fingerprint density at radius 2 is 1.64 bits per heavy atom. The van der Waals surface area contributed by atoms with Crippen molar-refractivity contribution in [1.82, 2.24) is 10.2 Å². The van der Waals surface area contributed by atoms with Gasteiger partial charge in [0.15, 0.2) is 0 Å². The number of aromatic nitrogens is 2. The van der Waals surface area contributed by atoms with Crippen LogP contribution in [-0.4, -0.2) is 29.2 Å². The van der Waals surface area contributed by atoms with Crippen molar-refractivity contribution in [3.05, 3.63) is 65.5 Å². The minimum Gasteiger partial charge on any atom is -0.465 e. The van der Waals surface area contributed by atoms with Crippen LogP contribution < -0.4 is 5.32 Å². The quantitative estimate of drug-likeness (QED) is 0.733. The molecule has 25 heavy (non-hydrogen) atoms. The van der Waals surface area contributed by atoms with E-state index in [1.54, 1.807) is 0 Å². The summed E-state index contributed by atoms with van der Waals surface area (Å²) < 4.78 is 22.8. The molecule has 0 unspecified atom stereocenters. The highest BCUT2D eigenvalue weighted by atomic mass is 19.1. The second kappa shape index (κ2) is 6.91. The molecule has 3 rings (SSSR count). The van der Waals surface area contributed by atoms with E-state index in [4.69, 9.17) is 4.42 Å². The topological polar surface area (TPSA) is 94.3 Å². The lowest BCUT2D eigenvalue weighted by molar-refractivity contribution is 0.0600. The van der Waals surface area contributed by atoms with Crippen LogP contribution in [-0.2, 0) is 4.74 Å². The number of hydrogen-bond donors (Lipinski definition) is 1. The van der Waals surface area contributed by atoms with Crippen molar-refractivity contribution in [2.45, 2.75) is 0 Å². The molecule has 0 saturated carbocycles. The SMILES string of the molecule is COC(=O)c1ccc(C(=O)Nc2nnc(-c3ccc(F)cc3)o2)cc1. The molecule has 1 N–H and O–H groups in total. The van der Waals surface area contributed by atoms with Gasteiger partial charge >= 0.3 is 12.0 Å². The first-order valence-electron chi connectivity index (χ1n) is 7.16. The predicted molar refractivity (Wildman–Crippen MR) is 85.4 cm³/mol. The summed E-state index contributed by atoms with van der Waals surface area (Å²) in [7, 11) is 1.28. The fraction of sp³-hybridized carbons (Fsp3) is 0.0588. The number of carbonyl (C=O) groups excluding carboxylic acids is 2. The van der Waals surface area contributed by atoms with Crippen molar-refractivity contribution in [2.75, 3.05) is 12.4 Å². The van der Waals surface area contributed by atoms with Crippen molar-refractivity contribution in [3.8, 4) is 11.5 Å². The second-order valence-electron chi connectivity index (χ2n) is 4.94. The summed E-state index contributed by atoms with van der Waals surface area (Å²) in [5, 5.41) is 9.97. The monoisotopic (exact) mass is 341 g/mol. The summed E-state index contributed by atoms with van der Waals surface area (Å²) in [5.41, 5.74) is 1.15. The van der Waals surface area contributed by atoms with E-state index in [1.165, 1.54) is 55.6 Å². The molecular weight excluding hydrogens is 329 g/mol. The normalized spacial score (nSPS) is 10.3. The Balaban J connectivity index is 1.71. The van der Waals surface area contributed by atoms with Crippen LogP contribution in [0, 0.1) is 5.82 Å². The Kier molecular flexibility index (Phi) is 4.51. The number of esters is 1. The molecule has 0 aliphatic carbocycles. The smallest absolute Gasteiger partial charge is 0.337 e. The average Bonchev–Trinajstić information content (AvgIpc) is 3.10. The Bertz CT molecular complexity index is 904. The Labute approximate surface area is 141 Å². The summed E-state index contributed by atoms with van der Waals surface area (Å²) in [6.07, 6.45) is 0. The number of carbonyl (C=O) groups is 2. The van der Waals surface area contributed by atoms with Gasteiger partial charge in [-0.1, -0.05) is 5.10 Å². The van der Waals surface area contributed by atoms with Crippen LogP contribution in [0.5, 0.6) is 0 Å². The standard InChI is InChI=1S/C17H12FN3O4/c1-24-16(23)12-4-2-10(3-5-12)14(22)19-17-21-20-15(25-17)11-6-8-13(18)9-7-11/h2-9H,1H3,(H,19,21,22). The minimum absolute atomic E-state index is 0.0960. The number of ether oxygens (including phenoxy) is 1. The van der Waals surface area contributed by atoms with E-state index in [0.717, 1.165) is 0 Å². The molecule has 0 radical (unpaired) electrons. The highest BCUT2D eigenvalue weighted by Gasteiger charge is 2.14. The van der Waals surface area contributed by atoms with Crippen LogP contribution in [0.15, 0.2) is 52.9 Å². The molecule has 126 valence electrons. The third-order valence-corrected chi connectivity index (χ3v) is 3.30. The van der Waals surface area contributed by atoms with Gasteiger partial charge in [0.1, 0.15) is 5.82 Å². The Hall–Kier alpha value is -3.55. The number of nitrogens with one attached hydrogen (secondary N) is 1. The van der Waals surface area contributed by atoms with Crippen LogP contribution in [0.3, 0.4) is 0 Å². The number of nitrogens with zero attached hydrogens (tertiary/aromatic N) is 2. The lowest BCUT2D eigenvalue weighted by atomic mass is 10.1. The van der Waals surface area contributed by atoms with E-state index in [9.17, 15) is 14.0 Å². The largest absolute Gasteiger partial charge is 0.465 e. The molecule has 0 aliphatic heterocycles. The van der Waals surface area contributed by atoms with Crippen LogP contribution in [0.4, 0.5) is 10.4 Å².